The number of hydrogen-bond donors (Lipinski definition) is 1. The van der Waals surface area contributed by atoms with E-state index < -0.39 is 0 Å². The highest BCUT2D eigenvalue weighted by Gasteiger charge is 2.16. The van der Waals surface area contributed by atoms with Crippen LogP contribution < -0.4 is 5.32 Å². The van der Waals surface area contributed by atoms with Crippen molar-refractivity contribution in [2.75, 3.05) is 26.2 Å². The fraction of sp³-hybridized carbons (Fsp3) is 1.00. The Morgan fingerprint density at radius 2 is 2.17 bits per heavy atom. The van der Waals surface area contributed by atoms with Gasteiger partial charge in [-0.3, -0.25) is 0 Å². The van der Waals surface area contributed by atoms with Crippen LogP contribution in [-0.4, -0.2) is 37.1 Å². The highest BCUT2D eigenvalue weighted by atomic mass is 15.2. The molecule has 1 unspecified atom stereocenters. The predicted molar refractivity (Wildman–Crippen MR) is 53.4 cm³/mol. The van der Waals surface area contributed by atoms with Gasteiger partial charge in [0, 0.05) is 25.7 Å². The summed E-state index contributed by atoms with van der Waals surface area (Å²) in [6.07, 6.45) is 3.93. The van der Waals surface area contributed by atoms with E-state index in [4.69, 9.17) is 0 Å². The van der Waals surface area contributed by atoms with Gasteiger partial charge in [0.15, 0.2) is 0 Å². The van der Waals surface area contributed by atoms with Crippen LogP contribution in [0.15, 0.2) is 0 Å². The molecule has 72 valence electrons. The largest absolute Gasteiger partial charge is 0.311 e. The summed E-state index contributed by atoms with van der Waals surface area (Å²) in [6, 6.07) is 0.760. The maximum atomic E-state index is 3.57. The third kappa shape index (κ3) is 3.11. The van der Waals surface area contributed by atoms with E-state index in [-0.39, 0.29) is 0 Å². The molecule has 12 heavy (non-hydrogen) atoms. The number of nitrogens with zero attached hydrogens (tertiary/aromatic N) is 1. The molecule has 1 fully saturated rings. The van der Waals surface area contributed by atoms with E-state index in [1.807, 2.05) is 0 Å². The molecule has 1 N–H and O–H groups in total. The van der Waals surface area contributed by atoms with Crippen molar-refractivity contribution in [3.8, 4) is 0 Å². The van der Waals surface area contributed by atoms with Crippen molar-refractivity contribution in [3.05, 3.63) is 0 Å². The van der Waals surface area contributed by atoms with E-state index in [0.29, 0.717) is 0 Å². The summed E-state index contributed by atoms with van der Waals surface area (Å²) in [5, 5.41) is 3.57. The molecule has 0 aromatic rings. The molecule has 2 heteroatoms. The maximum absolute atomic E-state index is 3.57. The normalized spacial score (nSPS) is 26.0. The molecule has 1 rings (SSSR count). The van der Waals surface area contributed by atoms with Crippen molar-refractivity contribution >= 4 is 0 Å². The monoisotopic (exact) mass is 170 g/mol. The van der Waals surface area contributed by atoms with Gasteiger partial charge in [0.05, 0.1) is 0 Å². The van der Waals surface area contributed by atoms with Gasteiger partial charge in [0.2, 0.25) is 0 Å². The van der Waals surface area contributed by atoms with Gasteiger partial charge < -0.3 is 10.2 Å². The van der Waals surface area contributed by atoms with Gasteiger partial charge in [-0.1, -0.05) is 20.3 Å². The first-order valence-electron chi connectivity index (χ1n) is 5.32. The average Bonchev–Trinajstić information content (AvgIpc) is 2.06. The summed E-state index contributed by atoms with van der Waals surface area (Å²) in [6.45, 7) is 9.50. The van der Waals surface area contributed by atoms with Crippen LogP contribution in [0.2, 0.25) is 0 Å². The van der Waals surface area contributed by atoms with Crippen LogP contribution in [-0.2, 0) is 0 Å². The molecule has 0 amide bonds. The minimum atomic E-state index is 0.760. The molecular weight excluding hydrogens is 148 g/mol. The summed E-state index contributed by atoms with van der Waals surface area (Å²) < 4.78 is 0. The molecule has 1 heterocycles. The van der Waals surface area contributed by atoms with E-state index in [9.17, 15) is 0 Å². The summed E-state index contributed by atoms with van der Waals surface area (Å²) in [4.78, 5) is 2.58. The SMILES string of the molecule is CCCC1CN(CCC)CCN1. The fourth-order valence-corrected chi connectivity index (χ4v) is 1.96. The second-order valence-electron chi connectivity index (χ2n) is 3.74. The van der Waals surface area contributed by atoms with Crippen molar-refractivity contribution < 1.29 is 0 Å². The van der Waals surface area contributed by atoms with Crippen molar-refractivity contribution in [2.45, 2.75) is 39.2 Å². The molecular formula is C10H22N2. The lowest BCUT2D eigenvalue weighted by Crippen LogP contribution is -2.50. The van der Waals surface area contributed by atoms with Crippen molar-refractivity contribution in [1.29, 1.82) is 0 Å². The van der Waals surface area contributed by atoms with Crippen LogP contribution in [0.1, 0.15) is 33.1 Å². The Bertz CT molecular complexity index is 98.4. The second-order valence-corrected chi connectivity index (χ2v) is 3.74. The molecule has 0 saturated carbocycles. The molecule has 1 aliphatic heterocycles. The predicted octanol–water partition coefficient (Wildman–Crippen LogP) is 1.47. The van der Waals surface area contributed by atoms with Crippen LogP contribution in [0.3, 0.4) is 0 Å². The van der Waals surface area contributed by atoms with Crippen molar-refractivity contribution in [1.82, 2.24) is 10.2 Å². The maximum Gasteiger partial charge on any atom is 0.0195 e. The Labute approximate surface area is 76.3 Å². The topological polar surface area (TPSA) is 15.3 Å². The molecule has 1 aliphatic rings. The van der Waals surface area contributed by atoms with Gasteiger partial charge in [-0.05, 0) is 19.4 Å². The Hall–Kier alpha value is -0.0800. The quantitative estimate of drug-likeness (QED) is 0.687. The third-order valence-corrected chi connectivity index (χ3v) is 2.52. The Morgan fingerprint density at radius 1 is 1.33 bits per heavy atom. The van der Waals surface area contributed by atoms with Crippen LogP contribution in [0, 0.1) is 0 Å². The first kappa shape index (κ1) is 10.0. The van der Waals surface area contributed by atoms with Crippen LogP contribution in [0.5, 0.6) is 0 Å². The molecule has 0 spiro atoms. The number of hydrogen-bond acceptors (Lipinski definition) is 2. The summed E-state index contributed by atoms with van der Waals surface area (Å²) in [5.74, 6) is 0. The lowest BCUT2D eigenvalue weighted by atomic mass is 10.1. The van der Waals surface area contributed by atoms with Gasteiger partial charge in [-0.2, -0.15) is 0 Å². The Morgan fingerprint density at radius 3 is 2.83 bits per heavy atom. The zero-order valence-electron chi connectivity index (χ0n) is 8.47. The zero-order chi connectivity index (χ0) is 8.81. The van der Waals surface area contributed by atoms with Crippen molar-refractivity contribution in [2.24, 2.45) is 0 Å². The molecule has 0 aromatic heterocycles. The Balaban J connectivity index is 2.20. The molecule has 0 bridgehead atoms. The van der Waals surface area contributed by atoms with Crippen LogP contribution in [0.4, 0.5) is 0 Å². The smallest absolute Gasteiger partial charge is 0.0195 e. The van der Waals surface area contributed by atoms with Gasteiger partial charge in [-0.15, -0.1) is 0 Å². The summed E-state index contributed by atoms with van der Waals surface area (Å²) in [5.41, 5.74) is 0. The third-order valence-electron chi connectivity index (χ3n) is 2.52. The van der Waals surface area contributed by atoms with Gasteiger partial charge in [0.1, 0.15) is 0 Å². The Kier molecular flexibility index (Phi) is 4.62. The summed E-state index contributed by atoms with van der Waals surface area (Å²) >= 11 is 0. The fourth-order valence-electron chi connectivity index (χ4n) is 1.96. The number of rotatable bonds is 4. The van der Waals surface area contributed by atoms with E-state index >= 15 is 0 Å². The number of piperazine rings is 1. The van der Waals surface area contributed by atoms with E-state index in [2.05, 4.69) is 24.1 Å². The lowest BCUT2D eigenvalue weighted by molar-refractivity contribution is 0.194. The highest BCUT2D eigenvalue weighted by molar-refractivity contribution is 4.77. The van der Waals surface area contributed by atoms with E-state index in [0.717, 1.165) is 6.04 Å². The minimum Gasteiger partial charge on any atom is -0.311 e. The van der Waals surface area contributed by atoms with Gasteiger partial charge in [-0.25, -0.2) is 0 Å². The standard InChI is InChI=1S/C10H22N2/c1-3-5-10-9-12(7-4-2)8-6-11-10/h10-11H,3-9H2,1-2H3. The lowest BCUT2D eigenvalue weighted by Gasteiger charge is -2.33. The molecule has 1 saturated heterocycles. The van der Waals surface area contributed by atoms with E-state index in [1.165, 1.54) is 45.4 Å². The summed E-state index contributed by atoms with van der Waals surface area (Å²) in [7, 11) is 0. The molecule has 2 nitrogen and oxygen atoms in total. The molecule has 0 aliphatic carbocycles. The first-order valence-corrected chi connectivity index (χ1v) is 5.32. The van der Waals surface area contributed by atoms with Crippen LogP contribution >= 0.6 is 0 Å². The van der Waals surface area contributed by atoms with Gasteiger partial charge >= 0.3 is 0 Å². The van der Waals surface area contributed by atoms with Crippen LogP contribution in [0.25, 0.3) is 0 Å². The van der Waals surface area contributed by atoms with Crippen molar-refractivity contribution in [3.63, 3.8) is 0 Å². The minimum absolute atomic E-state index is 0.760. The zero-order valence-corrected chi connectivity index (χ0v) is 8.47. The molecule has 0 radical (unpaired) electrons. The highest BCUT2D eigenvalue weighted by Crippen LogP contribution is 2.04. The first-order chi connectivity index (χ1) is 5.86. The number of nitrogens with one attached hydrogen (secondary N) is 1. The second kappa shape index (κ2) is 5.55. The molecule has 1 atom stereocenters. The molecule has 0 aromatic carbocycles. The average molecular weight is 170 g/mol. The van der Waals surface area contributed by atoms with Gasteiger partial charge in [0.25, 0.3) is 0 Å². The van der Waals surface area contributed by atoms with E-state index in [1.54, 1.807) is 0 Å².